The topological polar surface area (TPSA) is 33.1 Å². The van der Waals surface area contributed by atoms with Gasteiger partial charge in [-0.25, -0.2) is 4.98 Å². The van der Waals surface area contributed by atoms with Gasteiger partial charge in [-0.05, 0) is 38.5 Å². The third-order valence-electron chi connectivity index (χ3n) is 3.03. The third-order valence-corrected chi connectivity index (χ3v) is 4.36. The lowest BCUT2D eigenvalue weighted by molar-refractivity contribution is 0.0575. The van der Waals surface area contributed by atoms with Gasteiger partial charge in [-0.15, -0.1) is 11.3 Å². The molecule has 1 heterocycles. The van der Waals surface area contributed by atoms with Gasteiger partial charge in [-0.2, -0.15) is 0 Å². The van der Waals surface area contributed by atoms with Crippen LogP contribution in [0.1, 0.15) is 28.1 Å². The maximum absolute atomic E-state index is 10.6. The van der Waals surface area contributed by atoms with Crippen LogP contribution < -0.4 is 0 Å². The van der Waals surface area contributed by atoms with Crippen LogP contribution in [-0.2, 0) is 12.0 Å². The highest BCUT2D eigenvalue weighted by Crippen LogP contribution is 2.29. The second-order valence-corrected chi connectivity index (χ2v) is 6.43. The Bertz CT molecular complexity index is 526. The van der Waals surface area contributed by atoms with Crippen molar-refractivity contribution in [1.29, 1.82) is 0 Å². The van der Waals surface area contributed by atoms with Crippen molar-refractivity contribution >= 4 is 22.9 Å². The zero-order chi connectivity index (χ0) is 13.3. The maximum atomic E-state index is 10.6. The largest absolute Gasteiger partial charge is 0.385 e. The van der Waals surface area contributed by atoms with Crippen molar-refractivity contribution in [3.05, 3.63) is 50.4 Å². The number of nitrogens with zero attached hydrogens (tertiary/aromatic N) is 1. The highest BCUT2D eigenvalue weighted by molar-refractivity contribution is 7.11. The molecule has 0 saturated heterocycles. The molecular formula is C14H16ClNOS. The van der Waals surface area contributed by atoms with Crippen molar-refractivity contribution in [2.24, 2.45) is 0 Å². The molecule has 96 valence electrons. The van der Waals surface area contributed by atoms with E-state index in [2.05, 4.69) is 4.98 Å². The lowest BCUT2D eigenvalue weighted by Gasteiger charge is -2.22. The summed E-state index contributed by atoms with van der Waals surface area (Å²) >= 11 is 7.50. The maximum Gasteiger partial charge on any atom is 0.0962 e. The summed E-state index contributed by atoms with van der Waals surface area (Å²) in [5, 5.41) is 12.2. The molecule has 4 heteroatoms. The molecule has 1 aromatic carbocycles. The van der Waals surface area contributed by atoms with E-state index in [1.807, 2.05) is 32.9 Å². The average Bonchev–Trinajstić information content (AvgIpc) is 2.57. The van der Waals surface area contributed by atoms with Gasteiger partial charge in [0.25, 0.3) is 0 Å². The molecule has 0 aliphatic heterocycles. The Morgan fingerprint density at radius 2 is 1.89 bits per heavy atom. The van der Waals surface area contributed by atoms with Gasteiger partial charge in [0.15, 0.2) is 0 Å². The number of aromatic nitrogens is 1. The number of hydrogen-bond acceptors (Lipinski definition) is 3. The first-order valence-corrected chi connectivity index (χ1v) is 6.99. The van der Waals surface area contributed by atoms with Gasteiger partial charge in [0.1, 0.15) is 0 Å². The minimum absolute atomic E-state index is 0.522. The second-order valence-electron chi connectivity index (χ2n) is 4.71. The molecule has 2 nitrogen and oxygen atoms in total. The van der Waals surface area contributed by atoms with E-state index < -0.39 is 5.60 Å². The molecule has 0 bridgehead atoms. The molecule has 0 radical (unpaired) electrons. The van der Waals surface area contributed by atoms with Crippen LogP contribution in [-0.4, -0.2) is 10.1 Å². The summed E-state index contributed by atoms with van der Waals surface area (Å²) in [6, 6.07) is 7.30. The first-order chi connectivity index (χ1) is 8.38. The fraction of sp³-hybridized carbons (Fsp3) is 0.357. The number of halogens is 1. The second kappa shape index (κ2) is 5.00. The van der Waals surface area contributed by atoms with E-state index >= 15 is 0 Å². The van der Waals surface area contributed by atoms with Crippen LogP contribution in [0, 0.1) is 13.8 Å². The lowest BCUT2D eigenvalue weighted by Crippen LogP contribution is -2.24. The average molecular weight is 282 g/mol. The Morgan fingerprint density at radius 1 is 1.28 bits per heavy atom. The number of aryl methyl sites for hydroxylation is 2. The molecule has 0 amide bonds. The quantitative estimate of drug-likeness (QED) is 0.927. The van der Waals surface area contributed by atoms with E-state index in [0.717, 1.165) is 16.3 Å². The summed E-state index contributed by atoms with van der Waals surface area (Å²) < 4.78 is 0. The normalized spacial score (nSPS) is 14.5. The van der Waals surface area contributed by atoms with E-state index in [4.69, 9.17) is 11.6 Å². The number of aliphatic hydroxyl groups is 1. The highest BCUT2D eigenvalue weighted by Gasteiger charge is 2.25. The predicted molar refractivity (Wildman–Crippen MR) is 76.3 cm³/mol. The van der Waals surface area contributed by atoms with Crippen LogP contribution in [0.4, 0.5) is 0 Å². The van der Waals surface area contributed by atoms with Gasteiger partial charge in [0.05, 0.1) is 16.3 Å². The lowest BCUT2D eigenvalue weighted by atomic mass is 9.93. The Balaban J connectivity index is 2.23. The molecule has 1 unspecified atom stereocenters. The number of benzene rings is 1. The molecule has 1 N–H and O–H groups in total. The standard InChI is InChI=1S/C14H16ClNOS/c1-9-10(2)18-13(16-9)8-14(3,17)11-4-6-12(15)7-5-11/h4-7,17H,8H2,1-3H3. The van der Waals surface area contributed by atoms with Crippen molar-refractivity contribution in [2.75, 3.05) is 0 Å². The van der Waals surface area contributed by atoms with Crippen molar-refractivity contribution in [3.63, 3.8) is 0 Å². The number of thiazole rings is 1. The summed E-state index contributed by atoms with van der Waals surface area (Å²) in [6.07, 6.45) is 0.522. The minimum Gasteiger partial charge on any atom is -0.385 e. The van der Waals surface area contributed by atoms with Gasteiger partial charge >= 0.3 is 0 Å². The van der Waals surface area contributed by atoms with Crippen molar-refractivity contribution in [3.8, 4) is 0 Å². The van der Waals surface area contributed by atoms with Gasteiger partial charge in [-0.3, -0.25) is 0 Å². The molecule has 0 fully saturated rings. The molecule has 1 aromatic heterocycles. The van der Waals surface area contributed by atoms with E-state index in [9.17, 15) is 5.11 Å². The zero-order valence-electron chi connectivity index (χ0n) is 10.7. The third kappa shape index (κ3) is 2.91. The fourth-order valence-electron chi connectivity index (χ4n) is 1.82. The van der Waals surface area contributed by atoms with Crippen molar-refractivity contribution in [2.45, 2.75) is 32.8 Å². The summed E-state index contributed by atoms with van der Waals surface area (Å²) in [5.41, 5.74) is 0.987. The van der Waals surface area contributed by atoms with Crippen LogP contribution >= 0.6 is 22.9 Å². The summed E-state index contributed by atoms with van der Waals surface area (Å²) in [6.45, 7) is 5.85. The Hall–Kier alpha value is -0.900. The zero-order valence-corrected chi connectivity index (χ0v) is 12.3. The molecule has 18 heavy (non-hydrogen) atoms. The van der Waals surface area contributed by atoms with Crippen LogP contribution in [0.3, 0.4) is 0 Å². The van der Waals surface area contributed by atoms with Crippen LogP contribution in [0.15, 0.2) is 24.3 Å². The number of rotatable bonds is 3. The summed E-state index contributed by atoms with van der Waals surface area (Å²) in [4.78, 5) is 5.68. The van der Waals surface area contributed by atoms with Gasteiger partial charge < -0.3 is 5.11 Å². The molecule has 0 spiro atoms. The van der Waals surface area contributed by atoms with Gasteiger partial charge in [0, 0.05) is 16.3 Å². The molecule has 0 saturated carbocycles. The molecule has 1 atom stereocenters. The van der Waals surface area contributed by atoms with E-state index in [1.54, 1.807) is 23.5 Å². The van der Waals surface area contributed by atoms with Crippen LogP contribution in [0.5, 0.6) is 0 Å². The van der Waals surface area contributed by atoms with Crippen LogP contribution in [0.2, 0.25) is 5.02 Å². The number of hydrogen-bond donors (Lipinski definition) is 1. The molecular weight excluding hydrogens is 266 g/mol. The fourth-order valence-corrected chi connectivity index (χ4v) is 3.03. The van der Waals surface area contributed by atoms with E-state index in [0.29, 0.717) is 11.4 Å². The molecule has 2 aromatic rings. The van der Waals surface area contributed by atoms with Crippen LogP contribution in [0.25, 0.3) is 0 Å². The van der Waals surface area contributed by atoms with E-state index in [1.165, 1.54) is 4.88 Å². The first-order valence-electron chi connectivity index (χ1n) is 5.80. The van der Waals surface area contributed by atoms with Gasteiger partial charge in [-0.1, -0.05) is 23.7 Å². The summed E-state index contributed by atoms with van der Waals surface area (Å²) in [7, 11) is 0. The Labute approximate surface area is 116 Å². The monoisotopic (exact) mass is 281 g/mol. The predicted octanol–water partition coefficient (Wildman–Crippen LogP) is 3.86. The van der Waals surface area contributed by atoms with E-state index in [-0.39, 0.29) is 0 Å². The SMILES string of the molecule is Cc1nc(CC(C)(O)c2ccc(Cl)cc2)sc1C. The smallest absolute Gasteiger partial charge is 0.0962 e. The Morgan fingerprint density at radius 3 is 2.39 bits per heavy atom. The minimum atomic E-state index is -0.915. The van der Waals surface area contributed by atoms with Crippen molar-refractivity contribution < 1.29 is 5.11 Å². The molecule has 2 rings (SSSR count). The first kappa shape index (κ1) is 13.5. The molecule has 0 aliphatic rings. The summed E-state index contributed by atoms with van der Waals surface area (Å²) in [5.74, 6) is 0. The Kier molecular flexibility index (Phi) is 3.76. The van der Waals surface area contributed by atoms with Gasteiger partial charge in [0.2, 0.25) is 0 Å². The van der Waals surface area contributed by atoms with Crippen molar-refractivity contribution in [1.82, 2.24) is 4.98 Å². The highest BCUT2D eigenvalue weighted by atomic mass is 35.5. The molecule has 0 aliphatic carbocycles.